The van der Waals surface area contributed by atoms with Crippen molar-refractivity contribution in [1.29, 1.82) is 0 Å². The number of hydrogen-bond donors (Lipinski definition) is 2. The Labute approximate surface area is 150 Å². The van der Waals surface area contributed by atoms with E-state index in [1.165, 1.54) is 5.56 Å². The van der Waals surface area contributed by atoms with Crippen LogP contribution in [-0.4, -0.2) is 18.5 Å². The molecule has 0 radical (unpaired) electrons. The van der Waals surface area contributed by atoms with Gasteiger partial charge in [-0.2, -0.15) is 0 Å². The number of rotatable bonds is 5. The van der Waals surface area contributed by atoms with E-state index in [4.69, 9.17) is 17.3 Å². The standard InChI is InChI=1S/C18H27ClN2O.ClH/c1-18(2,11-13-5-3-7-15(19)9-13)12-21-17(22)14-6-4-8-16(20)10-14;/h3,5,7,9,14,16H,4,6,8,10-12,20H2,1-2H3,(H,21,22);1H. The third-order valence-electron chi connectivity index (χ3n) is 4.40. The van der Waals surface area contributed by atoms with Crippen molar-refractivity contribution < 1.29 is 4.79 Å². The summed E-state index contributed by atoms with van der Waals surface area (Å²) in [5, 5.41) is 3.88. The number of carbonyl (C=O) groups excluding carboxylic acids is 1. The molecule has 1 aromatic rings. The van der Waals surface area contributed by atoms with Crippen molar-refractivity contribution in [2.45, 2.75) is 52.0 Å². The molecule has 23 heavy (non-hydrogen) atoms. The van der Waals surface area contributed by atoms with E-state index in [-0.39, 0.29) is 35.7 Å². The zero-order valence-electron chi connectivity index (χ0n) is 14.0. The van der Waals surface area contributed by atoms with Gasteiger partial charge in [-0.05, 0) is 48.8 Å². The highest BCUT2D eigenvalue weighted by Crippen LogP contribution is 2.25. The number of benzene rings is 1. The van der Waals surface area contributed by atoms with Crippen molar-refractivity contribution in [2.75, 3.05) is 6.54 Å². The van der Waals surface area contributed by atoms with Gasteiger partial charge in [0.1, 0.15) is 0 Å². The van der Waals surface area contributed by atoms with Gasteiger partial charge < -0.3 is 11.1 Å². The molecule has 0 aliphatic heterocycles. The lowest BCUT2D eigenvalue weighted by atomic mass is 9.83. The van der Waals surface area contributed by atoms with Crippen LogP contribution in [0.4, 0.5) is 0 Å². The number of halogens is 2. The van der Waals surface area contributed by atoms with Crippen LogP contribution in [0.2, 0.25) is 5.02 Å². The van der Waals surface area contributed by atoms with Crippen molar-refractivity contribution in [3.8, 4) is 0 Å². The van der Waals surface area contributed by atoms with Crippen LogP contribution in [0.15, 0.2) is 24.3 Å². The van der Waals surface area contributed by atoms with Crippen LogP contribution in [0.25, 0.3) is 0 Å². The molecule has 3 nitrogen and oxygen atoms in total. The van der Waals surface area contributed by atoms with Gasteiger partial charge in [0.2, 0.25) is 5.91 Å². The Kier molecular flexibility index (Phi) is 7.85. The fourth-order valence-electron chi connectivity index (χ4n) is 3.20. The van der Waals surface area contributed by atoms with Gasteiger partial charge in [0, 0.05) is 23.5 Å². The maximum absolute atomic E-state index is 12.3. The molecule has 1 saturated carbocycles. The molecule has 1 aliphatic carbocycles. The van der Waals surface area contributed by atoms with E-state index in [9.17, 15) is 4.79 Å². The predicted octanol–water partition coefficient (Wildman–Crippen LogP) is 3.96. The highest BCUT2D eigenvalue weighted by atomic mass is 35.5. The summed E-state index contributed by atoms with van der Waals surface area (Å²) in [6.07, 6.45) is 4.78. The predicted molar refractivity (Wildman–Crippen MR) is 99.1 cm³/mol. The molecule has 1 aromatic carbocycles. The Morgan fingerprint density at radius 2 is 2.13 bits per heavy atom. The van der Waals surface area contributed by atoms with Crippen LogP contribution < -0.4 is 11.1 Å². The number of nitrogens with one attached hydrogen (secondary N) is 1. The fourth-order valence-corrected chi connectivity index (χ4v) is 3.41. The van der Waals surface area contributed by atoms with Gasteiger partial charge in [-0.1, -0.05) is 44.0 Å². The lowest BCUT2D eigenvalue weighted by Crippen LogP contribution is -2.41. The molecule has 0 bridgehead atoms. The molecule has 0 heterocycles. The van der Waals surface area contributed by atoms with Crippen molar-refractivity contribution >= 4 is 29.9 Å². The first-order valence-electron chi connectivity index (χ1n) is 8.13. The minimum absolute atomic E-state index is 0. The Balaban J connectivity index is 0.00000264. The van der Waals surface area contributed by atoms with Gasteiger partial charge in [0.15, 0.2) is 0 Å². The van der Waals surface area contributed by atoms with Gasteiger partial charge in [0.05, 0.1) is 0 Å². The van der Waals surface area contributed by atoms with Crippen LogP contribution >= 0.6 is 24.0 Å². The van der Waals surface area contributed by atoms with E-state index in [2.05, 4.69) is 25.2 Å². The topological polar surface area (TPSA) is 55.1 Å². The first-order valence-corrected chi connectivity index (χ1v) is 8.51. The Morgan fingerprint density at radius 1 is 1.39 bits per heavy atom. The molecule has 0 spiro atoms. The van der Waals surface area contributed by atoms with Gasteiger partial charge in [0.25, 0.3) is 0 Å². The summed E-state index contributed by atoms with van der Waals surface area (Å²) in [6.45, 7) is 5.01. The summed E-state index contributed by atoms with van der Waals surface area (Å²) in [6, 6.07) is 8.10. The van der Waals surface area contributed by atoms with Gasteiger partial charge in [-0.15, -0.1) is 12.4 Å². The highest BCUT2D eigenvalue weighted by Gasteiger charge is 2.27. The number of nitrogens with two attached hydrogens (primary N) is 1. The minimum Gasteiger partial charge on any atom is -0.355 e. The van der Waals surface area contributed by atoms with Crippen LogP contribution in [0.1, 0.15) is 45.1 Å². The second-order valence-electron chi connectivity index (χ2n) is 7.31. The molecule has 5 heteroatoms. The lowest BCUT2D eigenvalue weighted by molar-refractivity contribution is -0.126. The Hall–Kier alpha value is -0.770. The zero-order chi connectivity index (χ0) is 16.2. The maximum Gasteiger partial charge on any atom is 0.223 e. The van der Waals surface area contributed by atoms with Crippen LogP contribution in [0.3, 0.4) is 0 Å². The molecule has 1 fully saturated rings. The largest absolute Gasteiger partial charge is 0.355 e. The van der Waals surface area contributed by atoms with Crippen molar-refractivity contribution in [3.63, 3.8) is 0 Å². The molecular formula is C18H28Cl2N2O. The lowest BCUT2D eigenvalue weighted by Gasteiger charge is -2.29. The molecule has 0 aromatic heterocycles. The van der Waals surface area contributed by atoms with Gasteiger partial charge in [-0.3, -0.25) is 4.79 Å². The average Bonchev–Trinajstić information content (AvgIpc) is 2.44. The summed E-state index contributed by atoms with van der Waals surface area (Å²) in [7, 11) is 0. The average molecular weight is 359 g/mol. The van der Waals surface area contributed by atoms with E-state index in [0.717, 1.165) is 37.1 Å². The molecule has 3 N–H and O–H groups in total. The summed E-state index contributed by atoms with van der Waals surface area (Å²) in [5.74, 6) is 0.250. The summed E-state index contributed by atoms with van der Waals surface area (Å²) >= 11 is 6.03. The van der Waals surface area contributed by atoms with Gasteiger partial charge in [-0.25, -0.2) is 0 Å². The fraction of sp³-hybridized carbons (Fsp3) is 0.611. The number of hydrogen-bond acceptors (Lipinski definition) is 2. The number of carbonyl (C=O) groups is 1. The summed E-state index contributed by atoms with van der Waals surface area (Å²) < 4.78 is 0. The third-order valence-corrected chi connectivity index (χ3v) is 4.63. The van der Waals surface area contributed by atoms with Crippen molar-refractivity contribution in [3.05, 3.63) is 34.9 Å². The second-order valence-corrected chi connectivity index (χ2v) is 7.75. The molecule has 1 amide bonds. The molecule has 130 valence electrons. The van der Waals surface area contributed by atoms with Crippen molar-refractivity contribution in [2.24, 2.45) is 17.1 Å². The normalized spacial score (nSPS) is 21.4. The first kappa shape index (κ1) is 20.3. The SMILES string of the molecule is CC(C)(CNC(=O)C1CCCC(N)C1)Cc1cccc(Cl)c1.Cl. The van der Waals surface area contributed by atoms with Crippen LogP contribution in [0, 0.1) is 11.3 Å². The second kappa shape index (κ2) is 8.91. The van der Waals surface area contributed by atoms with E-state index < -0.39 is 0 Å². The smallest absolute Gasteiger partial charge is 0.223 e. The summed E-state index contributed by atoms with van der Waals surface area (Å²) in [4.78, 5) is 12.3. The Bertz CT molecular complexity index is 519. The third kappa shape index (κ3) is 6.70. The van der Waals surface area contributed by atoms with Crippen LogP contribution in [0.5, 0.6) is 0 Å². The molecule has 0 saturated heterocycles. The Morgan fingerprint density at radius 3 is 2.78 bits per heavy atom. The molecule has 2 unspecified atom stereocenters. The van der Waals surface area contributed by atoms with E-state index in [1.807, 2.05) is 18.2 Å². The van der Waals surface area contributed by atoms with E-state index in [0.29, 0.717) is 6.54 Å². The van der Waals surface area contributed by atoms with Crippen LogP contribution in [-0.2, 0) is 11.2 Å². The maximum atomic E-state index is 12.3. The first-order chi connectivity index (χ1) is 10.4. The monoisotopic (exact) mass is 358 g/mol. The zero-order valence-corrected chi connectivity index (χ0v) is 15.6. The molecule has 2 atom stereocenters. The quantitative estimate of drug-likeness (QED) is 0.836. The summed E-state index contributed by atoms with van der Waals surface area (Å²) in [5.41, 5.74) is 7.17. The molecular weight excluding hydrogens is 331 g/mol. The number of amides is 1. The van der Waals surface area contributed by atoms with Gasteiger partial charge >= 0.3 is 0 Å². The highest BCUT2D eigenvalue weighted by molar-refractivity contribution is 6.30. The molecule has 1 aliphatic rings. The van der Waals surface area contributed by atoms with Crippen molar-refractivity contribution in [1.82, 2.24) is 5.32 Å². The van der Waals surface area contributed by atoms with E-state index >= 15 is 0 Å². The van der Waals surface area contributed by atoms with E-state index in [1.54, 1.807) is 0 Å². The molecule has 2 rings (SSSR count). The minimum atomic E-state index is -0.00285.